The summed E-state index contributed by atoms with van der Waals surface area (Å²) in [6.45, 7) is 0.265. The number of benzene rings is 1. The Kier molecular flexibility index (Phi) is 3.73. The van der Waals surface area contributed by atoms with Gasteiger partial charge in [-0.25, -0.2) is 4.79 Å². The van der Waals surface area contributed by atoms with Crippen LogP contribution in [-0.2, 0) is 6.54 Å². The first-order valence-corrected chi connectivity index (χ1v) is 4.43. The largest absolute Gasteiger partial charge is 0.465 e. The van der Waals surface area contributed by atoms with Crippen LogP contribution in [0.15, 0.2) is 24.3 Å². The van der Waals surface area contributed by atoms with Gasteiger partial charge in [-0.3, -0.25) is 4.90 Å². The number of carbonyl (C=O) groups is 1. The van der Waals surface area contributed by atoms with Crippen molar-refractivity contribution >= 4 is 17.7 Å². The van der Waals surface area contributed by atoms with E-state index in [4.69, 9.17) is 22.4 Å². The lowest BCUT2D eigenvalue weighted by atomic mass is 10.2. The standard InChI is InChI=1S/C9H11ClN2O2/c10-8-3-1-7(2-4-8)5-12(6-11)9(13)14/h1-4H,5-6,11H2,(H,13,14). The zero-order valence-corrected chi connectivity index (χ0v) is 8.24. The molecule has 1 aromatic carbocycles. The van der Waals surface area contributed by atoms with Gasteiger partial charge < -0.3 is 10.8 Å². The van der Waals surface area contributed by atoms with E-state index in [1.807, 2.05) is 0 Å². The maximum Gasteiger partial charge on any atom is 0.408 e. The highest BCUT2D eigenvalue weighted by molar-refractivity contribution is 6.30. The molecular formula is C9H11ClN2O2. The molecule has 0 aliphatic carbocycles. The van der Waals surface area contributed by atoms with Crippen molar-refractivity contribution < 1.29 is 9.90 Å². The monoisotopic (exact) mass is 214 g/mol. The molecule has 0 atom stereocenters. The number of hydrogen-bond donors (Lipinski definition) is 2. The van der Waals surface area contributed by atoms with Crippen LogP contribution >= 0.6 is 11.6 Å². The minimum atomic E-state index is -1.03. The van der Waals surface area contributed by atoms with Gasteiger partial charge in [0.1, 0.15) is 0 Å². The maximum atomic E-state index is 10.6. The Morgan fingerprint density at radius 2 is 2.00 bits per heavy atom. The fraction of sp³-hybridized carbons (Fsp3) is 0.222. The van der Waals surface area contributed by atoms with E-state index in [-0.39, 0.29) is 13.2 Å². The van der Waals surface area contributed by atoms with Crippen molar-refractivity contribution in [1.29, 1.82) is 0 Å². The maximum absolute atomic E-state index is 10.6. The van der Waals surface area contributed by atoms with Gasteiger partial charge >= 0.3 is 6.09 Å². The van der Waals surface area contributed by atoms with Crippen LogP contribution in [0, 0.1) is 0 Å². The predicted molar refractivity (Wildman–Crippen MR) is 54.1 cm³/mol. The molecular weight excluding hydrogens is 204 g/mol. The summed E-state index contributed by atoms with van der Waals surface area (Å²) in [5.74, 6) is 0. The number of rotatable bonds is 3. The average molecular weight is 215 g/mol. The van der Waals surface area contributed by atoms with Crippen LogP contribution in [0.25, 0.3) is 0 Å². The van der Waals surface area contributed by atoms with Crippen molar-refractivity contribution in [3.63, 3.8) is 0 Å². The van der Waals surface area contributed by atoms with Crippen LogP contribution in [0.2, 0.25) is 5.02 Å². The summed E-state index contributed by atoms with van der Waals surface area (Å²) in [4.78, 5) is 11.7. The lowest BCUT2D eigenvalue weighted by Crippen LogP contribution is -2.34. The zero-order valence-electron chi connectivity index (χ0n) is 7.48. The molecule has 1 amide bonds. The summed E-state index contributed by atoms with van der Waals surface area (Å²) < 4.78 is 0. The highest BCUT2D eigenvalue weighted by atomic mass is 35.5. The minimum Gasteiger partial charge on any atom is -0.465 e. The average Bonchev–Trinajstić information content (AvgIpc) is 2.16. The van der Waals surface area contributed by atoms with E-state index in [1.54, 1.807) is 24.3 Å². The van der Waals surface area contributed by atoms with E-state index in [0.717, 1.165) is 10.5 Å². The van der Waals surface area contributed by atoms with Gasteiger partial charge in [-0.05, 0) is 17.7 Å². The summed E-state index contributed by atoms with van der Waals surface area (Å²) in [5, 5.41) is 9.34. The molecule has 4 nitrogen and oxygen atoms in total. The van der Waals surface area contributed by atoms with Gasteiger partial charge in [0.15, 0.2) is 0 Å². The highest BCUT2D eigenvalue weighted by Crippen LogP contribution is 2.11. The van der Waals surface area contributed by atoms with Crippen molar-refractivity contribution in [2.75, 3.05) is 6.67 Å². The third-order valence-electron chi connectivity index (χ3n) is 1.78. The molecule has 0 saturated carbocycles. The van der Waals surface area contributed by atoms with Crippen molar-refractivity contribution in [1.82, 2.24) is 4.90 Å². The van der Waals surface area contributed by atoms with Gasteiger partial charge in [0.05, 0.1) is 13.2 Å². The van der Waals surface area contributed by atoms with Gasteiger partial charge in [0.25, 0.3) is 0 Å². The van der Waals surface area contributed by atoms with Crippen LogP contribution in [-0.4, -0.2) is 22.8 Å². The normalized spacial score (nSPS) is 9.86. The number of hydrogen-bond acceptors (Lipinski definition) is 2. The number of nitrogens with zero attached hydrogens (tertiary/aromatic N) is 1. The van der Waals surface area contributed by atoms with E-state index in [1.165, 1.54) is 0 Å². The van der Waals surface area contributed by atoms with Crippen molar-refractivity contribution in [2.45, 2.75) is 6.54 Å². The molecule has 1 aromatic rings. The molecule has 0 aliphatic heterocycles. The lowest BCUT2D eigenvalue weighted by Gasteiger charge is -2.16. The van der Waals surface area contributed by atoms with Crippen LogP contribution in [0.3, 0.4) is 0 Å². The predicted octanol–water partition coefficient (Wildman–Crippen LogP) is 1.74. The van der Waals surface area contributed by atoms with E-state index >= 15 is 0 Å². The summed E-state index contributed by atoms with van der Waals surface area (Å²) in [5.41, 5.74) is 6.13. The molecule has 0 fully saturated rings. The molecule has 0 spiro atoms. The Morgan fingerprint density at radius 3 is 2.43 bits per heavy atom. The second-order valence-electron chi connectivity index (χ2n) is 2.79. The molecule has 76 valence electrons. The summed E-state index contributed by atoms with van der Waals surface area (Å²) in [6, 6.07) is 6.97. The van der Waals surface area contributed by atoms with Gasteiger partial charge in [-0.1, -0.05) is 23.7 Å². The number of nitrogens with two attached hydrogens (primary N) is 1. The Hall–Kier alpha value is -1.26. The zero-order chi connectivity index (χ0) is 10.6. The Morgan fingerprint density at radius 1 is 1.43 bits per heavy atom. The summed E-state index contributed by atoms with van der Waals surface area (Å²) in [6.07, 6.45) is -1.03. The van der Waals surface area contributed by atoms with Crippen LogP contribution in [0.4, 0.5) is 4.79 Å². The fourth-order valence-corrected chi connectivity index (χ4v) is 1.15. The second kappa shape index (κ2) is 4.83. The first kappa shape index (κ1) is 10.8. The van der Waals surface area contributed by atoms with Gasteiger partial charge in [-0.15, -0.1) is 0 Å². The van der Waals surface area contributed by atoms with E-state index in [0.29, 0.717) is 5.02 Å². The third kappa shape index (κ3) is 2.90. The van der Waals surface area contributed by atoms with E-state index < -0.39 is 6.09 Å². The smallest absolute Gasteiger partial charge is 0.408 e. The van der Waals surface area contributed by atoms with E-state index in [9.17, 15) is 4.79 Å². The highest BCUT2D eigenvalue weighted by Gasteiger charge is 2.09. The first-order chi connectivity index (χ1) is 6.63. The number of halogens is 1. The molecule has 0 bridgehead atoms. The molecule has 3 N–H and O–H groups in total. The molecule has 14 heavy (non-hydrogen) atoms. The van der Waals surface area contributed by atoms with Crippen molar-refractivity contribution in [3.8, 4) is 0 Å². The lowest BCUT2D eigenvalue weighted by molar-refractivity contribution is 0.143. The van der Waals surface area contributed by atoms with E-state index in [2.05, 4.69) is 0 Å². The number of amides is 1. The van der Waals surface area contributed by atoms with Gasteiger partial charge in [-0.2, -0.15) is 0 Å². The minimum absolute atomic E-state index is 0.0159. The summed E-state index contributed by atoms with van der Waals surface area (Å²) in [7, 11) is 0. The third-order valence-corrected chi connectivity index (χ3v) is 2.03. The van der Waals surface area contributed by atoms with Crippen LogP contribution in [0.5, 0.6) is 0 Å². The second-order valence-corrected chi connectivity index (χ2v) is 3.23. The molecule has 0 saturated heterocycles. The fourth-order valence-electron chi connectivity index (χ4n) is 1.02. The summed E-state index contributed by atoms with van der Waals surface area (Å²) >= 11 is 5.69. The van der Waals surface area contributed by atoms with Gasteiger partial charge in [0, 0.05) is 5.02 Å². The molecule has 0 unspecified atom stereocenters. The Labute approximate surface area is 86.9 Å². The quantitative estimate of drug-likeness (QED) is 0.754. The molecule has 1 rings (SSSR count). The molecule has 0 aromatic heterocycles. The van der Waals surface area contributed by atoms with Crippen LogP contribution in [0.1, 0.15) is 5.56 Å². The molecule has 0 heterocycles. The molecule has 0 radical (unpaired) electrons. The first-order valence-electron chi connectivity index (χ1n) is 4.06. The Bertz CT molecular complexity index is 313. The molecule has 5 heteroatoms. The van der Waals surface area contributed by atoms with Crippen molar-refractivity contribution in [3.05, 3.63) is 34.9 Å². The molecule has 0 aliphatic rings. The SMILES string of the molecule is NCN(Cc1ccc(Cl)cc1)C(=O)O. The van der Waals surface area contributed by atoms with Crippen LogP contribution < -0.4 is 5.73 Å². The van der Waals surface area contributed by atoms with Gasteiger partial charge in [0.2, 0.25) is 0 Å². The topological polar surface area (TPSA) is 66.6 Å². The van der Waals surface area contributed by atoms with Crippen molar-refractivity contribution in [2.24, 2.45) is 5.73 Å². The Balaban J connectivity index is 2.67. The number of carboxylic acid groups (broad SMARTS) is 1.